The topological polar surface area (TPSA) is 101 Å². The van der Waals surface area contributed by atoms with E-state index in [1.807, 2.05) is 29.6 Å². The van der Waals surface area contributed by atoms with Crippen molar-refractivity contribution in [3.63, 3.8) is 0 Å². The predicted molar refractivity (Wildman–Crippen MR) is 102 cm³/mol. The van der Waals surface area contributed by atoms with Gasteiger partial charge in [0.25, 0.3) is 5.69 Å². The summed E-state index contributed by atoms with van der Waals surface area (Å²) in [7, 11) is 1.61. The van der Waals surface area contributed by atoms with Crippen LogP contribution in [0.5, 0.6) is 11.5 Å². The molecule has 0 amide bonds. The van der Waals surface area contributed by atoms with Crippen molar-refractivity contribution >= 4 is 23.0 Å². The Kier molecular flexibility index (Phi) is 6.18. The van der Waals surface area contributed by atoms with Gasteiger partial charge in [0, 0.05) is 23.1 Å². The zero-order valence-electron chi connectivity index (χ0n) is 14.9. The molecule has 0 radical (unpaired) electrons. The molecule has 2 aromatic carbocycles. The van der Waals surface area contributed by atoms with Crippen LogP contribution in [0, 0.1) is 10.1 Å². The summed E-state index contributed by atoms with van der Waals surface area (Å²) in [5.74, 6) is 0.554. The number of carbonyl (C=O) groups is 1. The third kappa shape index (κ3) is 5.04. The summed E-state index contributed by atoms with van der Waals surface area (Å²) in [5, 5.41) is 13.2. The highest BCUT2D eigenvalue weighted by molar-refractivity contribution is 7.13. The molecular formula is C19H16N2O6S. The fraction of sp³-hybridized carbons (Fsp3) is 0.158. The number of benzene rings is 2. The minimum Gasteiger partial charge on any atom is -0.497 e. The van der Waals surface area contributed by atoms with E-state index in [0.29, 0.717) is 11.4 Å². The molecular weight excluding hydrogens is 384 g/mol. The number of non-ortho nitro benzene ring substituents is 1. The van der Waals surface area contributed by atoms with Gasteiger partial charge in [0.1, 0.15) is 23.1 Å². The van der Waals surface area contributed by atoms with E-state index in [1.54, 1.807) is 7.11 Å². The van der Waals surface area contributed by atoms with E-state index < -0.39 is 10.9 Å². The van der Waals surface area contributed by atoms with Crippen LogP contribution in [0.2, 0.25) is 0 Å². The minimum atomic E-state index is -0.558. The number of nitrogens with zero attached hydrogens (tertiary/aromatic N) is 2. The van der Waals surface area contributed by atoms with Gasteiger partial charge in [-0.05, 0) is 36.4 Å². The highest BCUT2D eigenvalue weighted by Gasteiger charge is 2.10. The molecule has 0 bridgehead atoms. The molecule has 3 rings (SSSR count). The molecule has 0 unspecified atom stereocenters. The highest BCUT2D eigenvalue weighted by atomic mass is 32.1. The minimum absolute atomic E-state index is 0.0368. The number of esters is 1. The van der Waals surface area contributed by atoms with E-state index in [4.69, 9.17) is 14.2 Å². The average molecular weight is 400 g/mol. The number of aromatic nitrogens is 1. The number of ether oxygens (including phenoxy) is 3. The maximum absolute atomic E-state index is 11.8. The molecule has 1 heterocycles. The number of rotatable bonds is 8. The van der Waals surface area contributed by atoms with Crippen LogP contribution in [0.1, 0.15) is 5.69 Å². The molecule has 0 N–H and O–H groups in total. The smallest absolute Gasteiger partial charge is 0.344 e. The second kappa shape index (κ2) is 8.96. The first kappa shape index (κ1) is 19.3. The molecule has 0 aliphatic rings. The second-order valence-corrected chi connectivity index (χ2v) is 6.43. The number of carbonyl (C=O) groups excluding carboxylic acids is 1. The Labute approximate surface area is 164 Å². The summed E-state index contributed by atoms with van der Waals surface area (Å²) in [6.45, 7) is -0.262. The molecule has 0 saturated carbocycles. The van der Waals surface area contributed by atoms with E-state index in [9.17, 15) is 14.9 Å². The van der Waals surface area contributed by atoms with Gasteiger partial charge in [0.2, 0.25) is 0 Å². The molecule has 0 aliphatic carbocycles. The van der Waals surface area contributed by atoms with E-state index in [2.05, 4.69) is 4.98 Å². The average Bonchev–Trinajstić information content (AvgIpc) is 3.20. The lowest BCUT2D eigenvalue weighted by Gasteiger charge is -2.06. The quantitative estimate of drug-likeness (QED) is 0.321. The van der Waals surface area contributed by atoms with E-state index in [1.165, 1.54) is 35.6 Å². The number of thiazole rings is 1. The molecule has 0 atom stereocenters. The third-order valence-corrected chi connectivity index (χ3v) is 4.61. The number of hydrogen-bond acceptors (Lipinski definition) is 8. The zero-order valence-corrected chi connectivity index (χ0v) is 15.7. The Bertz CT molecular complexity index is 953. The molecule has 0 spiro atoms. The SMILES string of the molecule is COc1ccc(-c2nc(COC(=O)COc3ccc([N+](=O)[O-])cc3)cs2)cc1. The normalized spacial score (nSPS) is 10.3. The molecule has 0 aliphatic heterocycles. The first-order valence-corrected chi connectivity index (χ1v) is 9.05. The Hall–Kier alpha value is -3.46. The lowest BCUT2D eigenvalue weighted by molar-refractivity contribution is -0.384. The van der Waals surface area contributed by atoms with Gasteiger partial charge >= 0.3 is 5.97 Å². The summed E-state index contributed by atoms with van der Waals surface area (Å²) >= 11 is 1.45. The lowest BCUT2D eigenvalue weighted by Crippen LogP contribution is -2.14. The largest absolute Gasteiger partial charge is 0.497 e. The Morgan fingerprint density at radius 1 is 1.11 bits per heavy atom. The molecule has 28 heavy (non-hydrogen) atoms. The molecule has 0 fully saturated rings. The Morgan fingerprint density at radius 2 is 1.79 bits per heavy atom. The van der Waals surface area contributed by atoms with Gasteiger partial charge in [0.15, 0.2) is 6.61 Å². The first-order valence-electron chi connectivity index (χ1n) is 8.17. The fourth-order valence-corrected chi connectivity index (χ4v) is 3.05. The van der Waals surface area contributed by atoms with Crippen LogP contribution in [-0.2, 0) is 16.1 Å². The maximum atomic E-state index is 11.8. The van der Waals surface area contributed by atoms with E-state index in [0.717, 1.165) is 16.3 Å². The first-order chi connectivity index (χ1) is 13.5. The van der Waals surface area contributed by atoms with Gasteiger partial charge < -0.3 is 14.2 Å². The van der Waals surface area contributed by atoms with Crippen LogP contribution in [0.15, 0.2) is 53.9 Å². The van der Waals surface area contributed by atoms with Crippen LogP contribution < -0.4 is 9.47 Å². The fourth-order valence-electron chi connectivity index (χ4n) is 2.24. The van der Waals surface area contributed by atoms with Crippen LogP contribution >= 0.6 is 11.3 Å². The van der Waals surface area contributed by atoms with E-state index >= 15 is 0 Å². The van der Waals surface area contributed by atoms with E-state index in [-0.39, 0.29) is 18.9 Å². The van der Waals surface area contributed by atoms with Gasteiger partial charge in [0.05, 0.1) is 17.7 Å². The van der Waals surface area contributed by atoms with Crippen molar-refractivity contribution in [1.82, 2.24) is 4.98 Å². The van der Waals surface area contributed by atoms with Crippen LogP contribution in [0.4, 0.5) is 5.69 Å². The van der Waals surface area contributed by atoms with Crippen molar-refractivity contribution in [2.24, 2.45) is 0 Å². The van der Waals surface area contributed by atoms with Crippen molar-refractivity contribution in [2.75, 3.05) is 13.7 Å². The van der Waals surface area contributed by atoms with Crippen molar-refractivity contribution < 1.29 is 23.9 Å². The van der Waals surface area contributed by atoms with Gasteiger partial charge in [-0.3, -0.25) is 10.1 Å². The molecule has 0 saturated heterocycles. The van der Waals surface area contributed by atoms with Gasteiger partial charge in [-0.25, -0.2) is 9.78 Å². The number of nitro benzene ring substituents is 1. The number of methoxy groups -OCH3 is 1. The predicted octanol–water partition coefficient (Wildman–Crippen LogP) is 3.85. The lowest BCUT2D eigenvalue weighted by atomic mass is 10.2. The Balaban J connectivity index is 1.48. The number of hydrogen-bond donors (Lipinski definition) is 0. The van der Waals surface area contributed by atoms with Crippen LogP contribution in [0.3, 0.4) is 0 Å². The second-order valence-electron chi connectivity index (χ2n) is 5.57. The van der Waals surface area contributed by atoms with Crippen molar-refractivity contribution in [1.29, 1.82) is 0 Å². The van der Waals surface area contributed by atoms with Crippen molar-refractivity contribution in [2.45, 2.75) is 6.61 Å². The molecule has 144 valence electrons. The summed E-state index contributed by atoms with van der Waals surface area (Å²) < 4.78 is 15.5. The molecule has 9 heteroatoms. The summed E-state index contributed by atoms with van der Waals surface area (Å²) in [6, 6.07) is 13.0. The van der Waals surface area contributed by atoms with Crippen LogP contribution in [-0.4, -0.2) is 29.6 Å². The summed E-state index contributed by atoms with van der Waals surface area (Å²) in [4.78, 5) is 26.4. The zero-order chi connectivity index (χ0) is 19.9. The van der Waals surface area contributed by atoms with Gasteiger partial charge in [-0.1, -0.05) is 0 Å². The van der Waals surface area contributed by atoms with Crippen molar-refractivity contribution in [3.05, 3.63) is 69.7 Å². The summed E-state index contributed by atoms with van der Waals surface area (Å²) in [6.07, 6.45) is 0. The molecule has 8 nitrogen and oxygen atoms in total. The molecule has 1 aromatic heterocycles. The number of nitro groups is 1. The van der Waals surface area contributed by atoms with Gasteiger partial charge in [-0.2, -0.15) is 0 Å². The van der Waals surface area contributed by atoms with Gasteiger partial charge in [-0.15, -0.1) is 11.3 Å². The Morgan fingerprint density at radius 3 is 2.43 bits per heavy atom. The monoisotopic (exact) mass is 400 g/mol. The maximum Gasteiger partial charge on any atom is 0.344 e. The van der Waals surface area contributed by atoms with Crippen molar-refractivity contribution in [3.8, 4) is 22.1 Å². The molecule has 3 aromatic rings. The summed E-state index contributed by atoms with van der Waals surface area (Å²) in [5.41, 5.74) is 1.54. The third-order valence-electron chi connectivity index (χ3n) is 3.67. The van der Waals surface area contributed by atoms with Crippen LogP contribution in [0.25, 0.3) is 10.6 Å². The standard InChI is InChI=1S/C19H16N2O6S/c1-25-16-6-2-13(3-7-16)19-20-14(12-28-19)10-27-18(22)11-26-17-8-4-15(5-9-17)21(23)24/h2-9,12H,10-11H2,1H3. The highest BCUT2D eigenvalue weighted by Crippen LogP contribution is 2.26.